The second kappa shape index (κ2) is 21.1. The van der Waals surface area contributed by atoms with Gasteiger partial charge in [0.25, 0.3) is 0 Å². The van der Waals surface area contributed by atoms with Crippen molar-refractivity contribution in [2.45, 2.75) is 64.2 Å². The number of carbonyl (C=O) groups excluding carboxylic acids is 3. The first-order valence-electron chi connectivity index (χ1n) is 17.0. The van der Waals surface area contributed by atoms with Crippen LogP contribution < -0.4 is 26.6 Å². The molecule has 5 N–H and O–H groups in total. The van der Waals surface area contributed by atoms with Gasteiger partial charge in [-0.15, -0.1) is 12.4 Å². The largest absolute Gasteiger partial charge is 0.355 e. The van der Waals surface area contributed by atoms with Gasteiger partial charge in [0.05, 0.1) is 13.0 Å². The highest BCUT2D eigenvalue weighted by Gasteiger charge is 2.22. The monoisotopic (exact) mass is 642 g/mol. The molecule has 0 bridgehead atoms. The number of likely N-dealkylation sites (tertiary alicyclic amines) is 1. The van der Waals surface area contributed by atoms with E-state index in [1.165, 1.54) is 38.8 Å². The molecule has 0 unspecified atom stereocenters. The van der Waals surface area contributed by atoms with Crippen LogP contribution in [-0.2, 0) is 20.8 Å². The summed E-state index contributed by atoms with van der Waals surface area (Å²) in [5.41, 5.74) is 0.948. The third kappa shape index (κ3) is 13.7. The van der Waals surface area contributed by atoms with Gasteiger partial charge >= 0.3 is 0 Å². The van der Waals surface area contributed by atoms with Gasteiger partial charge in [-0.3, -0.25) is 14.4 Å². The smallest absolute Gasteiger partial charge is 0.239 e. The van der Waals surface area contributed by atoms with Gasteiger partial charge in [0.1, 0.15) is 0 Å². The molecule has 45 heavy (non-hydrogen) atoms. The third-order valence-electron chi connectivity index (χ3n) is 9.07. The van der Waals surface area contributed by atoms with E-state index in [4.69, 9.17) is 0 Å². The van der Waals surface area contributed by atoms with Gasteiger partial charge in [0.2, 0.25) is 17.7 Å². The van der Waals surface area contributed by atoms with Crippen LogP contribution in [0.1, 0.15) is 63.4 Å². The van der Waals surface area contributed by atoms with E-state index in [1.807, 2.05) is 47.4 Å². The lowest BCUT2D eigenvalue weighted by Gasteiger charge is -2.32. The Balaban J connectivity index is 0.00000552. The molecule has 0 saturated carbocycles. The normalized spacial score (nSPS) is 15.9. The number of piperidine rings is 2. The molecule has 2 aliphatic rings. The van der Waals surface area contributed by atoms with Crippen molar-refractivity contribution in [3.05, 3.63) is 48.0 Å². The molecule has 2 aromatic carbocycles. The minimum Gasteiger partial charge on any atom is -0.355 e. The number of nitrogens with zero attached hydrogens (tertiary/aromatic N) is 1. The van der Waals surface area contributed by atoms with Crippen molar-refractivity contribution in [2.75, 3.05) is 65.4 Å². The summed E-state index contributed by atoms with van der Waals surface area (Å²) in [6.45, 7) is 8.90. The standard InChI is InChI=1S/C35H54N6O3.ClH/c42-33(24-31-10-7-9-30-8-1-2-11-32(30)31)40-27-34(43)39-19-4-3-12-35(44)41-22-15-29(16-23-41)26-38-18-6-5-17-37-25-28-13-20-36-21-14-28;/h1-2,7-11,28-29,36-38H,3-6,12-27H2,(H,39,43)(H,40,42);1H. The Morgan fingerprint density at radius 1 is 0.733 bits per heavy atom. The average Bonchev–Trinajstić information content (AvgIpc) is 3.05. The molecule has 10 heteroatoms. The number of hydrogen-bond donors (Lipinski definition) is 5. The molecule has 2 fully saturated rings. The van der Waals surface area contributed by atoms with Gasteiger partial charge in [-0.05, 0) is 119 Å². The van der Waals surface area contributed by atoms with Crippen molar-refractivity contribution in [3.8, 4) is 0 Å². The maximum Gasteiger partial charge on any atom is 0.239 e. The molecule has 2 aromatic rings. The Morgan fingerprint density at radius 2 is 1.38 bits per heavy atom. The van der Waals surface area contributed by atoms with Crippen LogP contribution in [-0.4, -0.2) is 88.1 Å². The van der Waals surface area contributed by atoms with Gasteiger partial charge in [-0.25, -0.2) is 0 Å². The third-order valence-corrected chi connectivity index (χ3v) is 9.07. The van der Waals surface area contributed by atoms with Crippen molar-refractivity contribution >= 4 is 40.9 Å². The quantitative estimate of drug-likeness (QED) is 0.159. The highest BCUT2D eigenvalue weighted by molar-refractivity contribution is 5.91. The summed E-state index contributed by atoms with van der Waals surface area (Å²) in [5.74, 6) is 1.34. The summed E-state index contributed by atoms with van der Waals surface area (Å²) in [4.78, 5) is 39.3. The molecule has 0 atom stereocenters. The zero-order valence-corrected chi connectivity index (χ0v) is 27.7. The molecule has 0 spiro atoms. The molecule has 0 aromatic heterocycles. The van der Waals surface area contributed by atoms with E-state index < -0.39 is 0 Å². The second-order valence-corrected chi connectivity index (χ2v) is 12.5. The van der Waals surface area contributed by atoms with Crippen molar-refractivity contribution in [2.24, 2.45) is 11.8 Å². The fourth-order valence-electron chi connectivity index (χ4n) is 6.30. The van der Waals surface area contributed by atoms with Gasteiger partial charge in [-0.1, -0.05) is 42.5 Å². The van der Waals surface area contributed by atoms with Crippen LogP contribution in [0.3, 0.4) is 0 Å². The molecule has 9 nitrogen and oxygen atoms in total. The van der Waals surface area contributed by atoms with Crippen LogP contribution in [0.25, 0.3) is 10.8 Å². The van der Waals surface area contributed by atoms with Crippen molar-refractivity contribution < 1.29 is 14.4 Å². The molecule has 2 heterocycles. The maximum absolute atomic E-state index is 12.7. The Labute approximate surface area is 275 Å². The fraction of sp³-hybridized carbons (Fsp3) is 0.629. The van der Waals surface area contributed by atoms with E-state index in [0.717, 1.165) is 87.2 Å². The molecule has 2 saturated heterocycles. The lowest BCUT2D eigenvalue weighted by molar-refractivity contribution is -0.132. The lowest BCUT2D eigenvalue weighted by Crippen LogP contribution is -2.41. The minimum atomic E-state index is -0.206. The molecule has 0 radical (unpaired) electrons. The molecular weight excluding hydrogens is 588 g/mol. The fourth-order valence-corrected chi connectivity index (χ4v) is 6.30. The molecular formula is C35H55ClN6O3. The van der Waals surface area contributed by atoms with E-state index in [9.17, 15) is 14.4 Å². The predicted octanol–water partition coefficient (Wildman–Crippen LogP) is 3.40. The van der Waals surface area contributed by atoms with Crippen molar-refractivity contribution in [1.29, 1.82) is 0 Å². The summed E-state index contributed by atoms with van der Waals surface area (Å²) < 4.78 is 0. The zero-order valence-electron chi connectivity index (χ0n) is 26.9. The summed E-state index contributed by atoms with van der Waals surface area (Å²) in [6.07, 6.45) is 9.42. The Hall–Kier alpha value is -2.72. The Morgan fingerprint density at radius 3 is 2.11 bits per heavy atom. The number of nitrogens with one attached hydrogen (secondary N) is 5. The Kier molecular flexibility index (Phi) is 17.3. The number of benzene rings is 2. The summed E-state index contributed by atoms with van der Waals surface area (Å²) >= 11 is 0. The topological polar surface area (TPSA) is 115 Å². The van der Waals surface area contributed by atoms with Gasteiger partial charge < -0.3 is 31.5 Å². The number of unbranched alkanes of at least 4 members (excludes halogenated alkanes) is 2. The SMILES string of the molecule is Cl.O=C(CNC(=O)Cc1cccc2ccccc12)NCCCCC(=O)N1CCC(CNCCCCNCC2CCNCC2)CC1. The molecule has 2 aliphatic heterocycles. The highest BCUT2D eigenvalue weighted by Crippen LogP contribution is 2.19. The number of amides is 3. The first kappa shape index (κ1) is 36.7. The van der Waals surface area contributed by atoms with E-state index >= 15 is 0 Å². The van der Waals surface area contributed by atoms with Crippen LogP contribution in [0.5, 0.6) is 0 Å². The van der Waals surface area contributed by atoms with Crippen LogP contribution in [0, 0.1) is 11.8 Å². The van der Waals surface area contributed by atoms with Gasteiger partial charge in [0, 0.05) is 26.1 Å². The minimum absolute atomic E-state index is 0. The van der Waals surface area contributed by atoms with Crippen LogP contribution >= 0.6 is 12.4 Å². The number of halogens is 1. The average molecular weight is 643 g/mol. The van der Waals surface area contributed by atoms with Crippen molar-refractivity contribution in [3.63, 3.8) is 0 Å². The van der Waals surface area contributed by atoms with E-state index in [0.29, 0.717) is 18.9 Å². The van der Waals surface area contributed by atoms with Crippen molar-refractivity contribution in [1.82, 2.24) is 31.5 Å². The van der Waals surface area contributed by atoms with Crippen LogP contribution in [0.4, 0.5) is 0 Å². The molecule has 0 aliphatic carbocycles. The number of hydrogen-bond acceptors (Lipinski definition) is 6. The van der Waals surface area contributed by atoms with Gasteiger partial charge in [0.15, 0.2) is 0 Å². The lowest BCUT2D eigenvalue weighted by atomic mass is 9.96. The first-order valence-corrected chi connectivity index (χ1v) is 17.0. The maximum atomic E-state index is 12.7. The zero-order chi connectivity index (χ0) is 30.8. The predicted molar refractivity (Wildman–Crippen MR) is 185 cm³/mol. The van der Waals surface area contributed by atoms with Crippen LogP contribution in [0.2, 0.25) is 0 Å². The number of carbonyl (C=O) groups is 3. The summed E-state index contributed by atoms with van der Waals surface area (Å²) in [7, 11) is 0. The summed E-state index contributed by atoms with van der Waals surface area (Å²) in [6, 6.07) is 13.9. The first-order chi connectivity index (χ1) is 21.6. The second-order valence-electron chi connectivity index (χ2n) is 12.5. The molecule has 3 amide bonds. The van der Waals surface area contributed by atoms with Gasteiger partial charge in [-0.2, -0.15) is 0 Å². The van der Waals surface area contributed by atoms with E-state index in [-0.39, 0.29) is 43.1 Å². The van der Waals surface area contributed by atoms with Crippen LogP contribution in [0.15, 0.2) is 42.5 Å². The number of rotatable bonds is 18. The summed E-state index contributed by atoms with van der Waals surface area (Å²) in [5, 5.41) is 18.4. The highest BCUT2D eigenvalue weighted by atomic mass is 35.5. The molecule has 250 valence electrons. The number of fused-ring (bicyclic) bond motifs is 1. The van der Waals surface area contributed by atoms with E-state index in [2.05, 4.69) is 26.6 Å². The van der Waals surface area contributed by atoms with E-state index in [1.54, 1.807) is 0 Å². The molecule has 4 rings (SSSR count). The Bertz CT molecular complexity index is 1160.